The molecule has 5 rings (SSSR count). The molecule has 2 heterocycles. The van der Waals surface area contributed by atoms with E-state index in [-0.39, 0.29) is 18.5 Å². The molecule has 2 aliphatic rings. The lowest BCUT2D eigenvalue weighted by atomic mass is 10.1. The van der Waals surface area contributed by atoms with Gasteiger partial charge in [0.2, 0.25) is 0 Å². The van der Waals surface area contributed by atoms with Crippen molar-refractivity contribution in [1.29, 1.82) is 0 Å². The van der Waals surface area contributed by atoms with Gasteiger partial charge in [0.05, 0.1) is 5.52 Å². The van der Waals surface area contributed by atoms with Crippen molar-refractivity contribution in [2.45, 2.75) is 51.5 Å². The third kappa shape index (κ3) is 9.17. The number of anilines is 1. The maximum absolute atomic E-state index is 12.6. The van der Waals surface area contributed by atoms with Crippen LogP contribution in [0, 0.1) is 5.82 Å². The van der Waals surface area contributed by atoms with Crippen LogP contribution >= 0.6 is 11.6 Å². The highest BCUT2D eigenvalue weighted by Gasteiger charge is 2.24. The second-order valence-electron chi connectivity index (χ2n) is 9.22. The van der Waals surface area contributed by atoms with Gasteiger partial charge in [-0.05, 0) is 56.2 Å². The maximum Gasteiger partial charge on any atom is 0.317 e. The summed E-state index contributed by atoms with van der Waals surface area (Å²) < 4.78 is 11.9. The molecule has 37 heavy (non-hydrogen) atoms. The molecule has 6 nitrogen and oxygen atoms in total. The van der Waals surface area contributed by atoms with Gasteiger partial charge in [-0.3, -0.25) is 4.98 Å². The molecule has 0 atom stereocenters. The van der Waals surface area contributed by atoms with Crippen LogP contribution in [0.3, 0.4) is 0 Å². The lowest BCUT2D eigenvalue weighted by Crippen LogP contribution is -2.53. The van der Waals surface area contributed by atoms with Gasteiger partial charge in [0.25, 0.3) is 0 Å². The molecule has 2 aromatic carbocycles. The highest BCUT2D eigenvalue weighted by molar-refractivity contribution is 6.31. The number of carbonyl (C=O) groups excluding carboxylic acids is 1. The lowest BCUT2D eigenvalue weighted by Gasteiger charge is -2.37. The third-order valence-electron chi connectivity index (χ3n) is 6.51. The van der Waals surface area contributed by atoms with E-state index in [4.69, 9.17) is 16.7 Å². The van der Waals surface area contributed by atoms with E-state index in [0.29, 0.717) is 11.1 Å². The number of hydrogen-bond acceptors (Lipinski definition) is 4. The van der Waals surface area contributed by atoms with Crippen LogP contribution in [0.5, 0.6) is 0 Å². The molecule has 200 valence electrons. The summed E-state index contributed by atoms with van der Waals surface area (Å²) in [6, 6.07) is 16.3. The van der Waals surface area contributed by atoms with E-state index < -0.39 is 0 Å². The fourth-order valence-corrected chi connectivity index (χ4v) is 4.80. The van der Waals surface area contributed by atoms with Crippen molar-refractivity contribution >= 4 is 34.2 Å². The summed E-state index contributed by atoms with van der Waals surface area (Å²) in [7, 11) is 0. The summed E-state index contributed by atoms with van der Waals surface area (Å²) in [4.78, 5) is 21.4. The number of rotatable bonds is 2. The van der Waals surface area contributed by atoms with Crippen LogP contribution in [0.1, 0.15) is 45.4 Å². The van der Waals surface area contributed by atoms with Crippen molar-refractivity contribution in [2.24, 2.45) is 0 Å². The van der Waals surface area contributed by atoms with Crippen LogP contribution in [-0.4, -0.2) is 59.8 Å². The van der Waals surface area contributed by atoms with Gasteiger partial charge >= 0.3 is 6.03 Å². The summed E-state index contributed by atoms with van der Waals surface area (Å²) in [6.45, 7) is 5.09. The van der Waals surface area contributed by atoms with Crippen LogP contribution in [0.4, 0.5) is 14.9 Å². The summed E-state index contributed by atoms with van der Waals surface area (Å²) in [6.07, 6.45) is 9.15. The molecule has 2 amide bonds. The van der Waals surface area contributed by atoms with E-state index in [9.17, 15) is 9.18 Å². The van der Waals surface area contributed by atoms with Crippen molar-refractivity contribution in [3.05, 3.63) is 71.6 Å². The van der Waals surface area contributed by atoms with Gasteiger partial charge in [-0.25, -0.2) is 9.18 Å². The number of hydrogen-bond donors (Lipinski definition) is 2. The zero-order valence-electron chi connectivity index (χ0n) is 21.6. The number of aliphatic hydroxyl groups excluding tert-OH is 1. The first-order chi connectivity index (χ1) is 18.0. The van der Waals surface area contributed by atoms with E-state index in [2.05, 4.69) is 21.3 Å². The van der Waals surface area contributed by atoms with Crippen LogP contribution < -0.4 is 10.2 Å². The second kappa shape index (κ2) is 15.4. The molecule has 2 fully saturated rings. The Morgan fingerprint density at radius 1 is 1.03 bits per heavy atom. The van der Waals surface area contributed by atoms with Gasteiger partial charge in [-0.1, -0.05) is 55.5 Å². The molecule has 0 spiro atoms. The summed E-state index contributed by atoms with van der Waals surface area (Å²) in [5, 5.41) is 12.6. The Labute approximate surface area is 224 Å². The Bertz CT molecular complexity index is 1090. The molecule has 1 aliphatic carbocycles. The van der Waals surface area contributed by atoms with E-state index in [1.165, 1.54) is 43.5 Å². The Balaban J connectivity index is 0.000000321. The fourth-order valence-electron chi connectivity index (χ4n) is 4.64. The number of urea groups is 1. The molecular formula is C29H38ClFN4O2. The number of aromatic nitrogens is 1. The normalized spacial score (nSPS) is 16.1. The Morgan fingerprint density at radius 3 is 2.27 bits per heavy atom. The number of fused-ring (bicyclic) bond motifs is 1. The molecule has 0 unspecified atom stereocenters. The van der Waals surface area contributed by atoms with E-state index in [1.54, 1.807) is 25.1 Å². The SMILES string of the molecule is CCO.Fc1ccccc1.O=C(NC1CCCCCC1)N1CCN(c2ccnc3cc(Cl)ccc23)CC1. The third-order valence-corrected chi connectivity index (χ3v) is 6.74. The molecule has 1 saturated carbocycles. The highest BCUT2D eigenvalue weighted by Crippen LogP contribution is 2.28. The lowest BCUT2D eigenvalue weighted by molar-refractivity contribution is 0.189. The molecule has 0 radical (unpaired) electrons. The van der Waals surface area contributed by atoms with E-state index >= 15 is 0 Å². The van der Waals surface area contributed by atoms with Crippen molar-refractivity contribution in [1.82, 2.24) is 15.2 Å². The standard InChI is InChI=1S/C21H27ClN4O.C6H5F.C2H6O/c22-16-7-8-18-19(15-16)23-10-9-20(18)25-11-13-26(14-12-25)21(27)24-17-5-3-1-2-4-6-17;7-6-4-2-1-3-5-6;1-2-3/h7-10,15,17H,1-6,11-14H2,(H,24,27);1-5H;3H,2H2,1H3. The average molecular weight is 529 g/mol. The zero-order chi connectivity index (χ0) is 26.5. The maximum atomic E-state index is 12.6. The highest BCUT2D eigenvalue weighted by atomic mass is 35.5. The molecule has 8 heteroatoms. The Morgan fingerprint density at radius 2 is 1.68 bits per heavy atom. The van der Waals surface area contributed by atoms with Gasteiger partial charge in [0.1, 0.15) is 5.82 Å². The summed E-state index contributed by atoms with van der Waals surface area (Å²) in [5.41, 5.74) is 2.08. The average Bonchev–Trinajstić information content (AvgIpc) is 3.18. The van der Waals surface area contributed by atoms with E-state index in [1.807, 2.05) is 29.3 Å². The van der Waals surface area contributed by atoms with Gasteiger partial charge < -0.3 is 20.2 Å². The molecule has 1 aromatic heterocycles. The predicted molar refractivity (Wildman–Crippen MR) is 150 cm³/mol. The minimum Gasteiger partial charge on any atom is -0.397 e. The number of amides is 2. The monoisotopic (exact) mass is 528 g/mol. The van der Waals surface area contributed by atoms with Gasteiger partial charge in [-0.15, -0.1) is 0 Å². The smallest absolute Gasteiger partial charge is 0.317 e. The second-order valence-corrected chi connectivity index (χ2v) is 9.65. The number of aliphatic hydroxyl groups is 1. The zero-order valence-corrected chi connectivity index (χ0v) is 22.3. The van der Waals surface area contributed by atoms with Gasteiger partial charge in [-0.2, -0.15) is 0 Å². The minimum absolute atomic E-state index is 0.105. The molecule has 1 aliphatic heterocycles. The number of benzene rings is 2. The Hall–Kier alpha value is -2.90. The number of piperazine rings is 1. The van der Waals surface area contributed by atoms with Crippen molar-refractivity contribution < 1.29 is 14.3 Å². The minimum atomic E-state index is -0.178. The van der Waals surface area contributed by atoms with E-state index in [0.717, 1.165) is 49.9 Å². The largest absolute Gasteiger partial charge is 0.397 e. The van der Waals surface area contributed by atoms with Crippen LogP contribution in [0.2, 0.25) is 5.02 Å². The van der Waals surface area contributed by atoms with Gasteiger partial charge in [0, 0.05) is 61.1 Å². The quantitative estimate of drug-likeness (QED) is 0.385. The van der Waals surface area contributed by atoms with Crippen LogP contribution in [0.15, 0.2) is 60.8 Å². The van der Waals surface area contributed by atoms with Crippen molar-refractivity contribution in [2.75, 3.05) is 37.7 Å². The number of carbonyl (C=O) groups is 1. The Kier molecular flexibility index (Phi) is 11.9. The molecule has 1 saturated heterocycles. The predicted octanol–water partition coefficient (Wildman–Crippen LogP) is 6.27. The topological polar surface area (TPSA) is 68.7 Å². The van der Waals surface area contributed by atoms with Crippen molar-refractivity contribution in [3.63, 3.8) is 0 Å². The number of halogens is 2. The summed E-state index contributed by atoms with van der Waals surface area (Å²) in [5.74, 6) is -0.178. The van der Waals surface area contributed by atoms with Crippen LogP contribution in [0.25, 0.3) is 10.9 Å². The first-order valence-corrected chi connectivity index (χ1v) is 13.6. The molecule has 3 aromatic rings. The van der Waals surface area contributed by atoms with Crippen molar-refractivity contribution in [3.8, 4) is 0 Å². The summed E-state index contributed by atoms with van der Waals surface area (Å²) >= 11 is 6.10. The molecular weight excluding hydrogens is 491 g/mol. The first kappa shape index (κ1) is 28.7. The van der Waals surface area contributed by atoms with Gasteiger partial charge in [0.15, 0.2) is 0 Å². The first-order valence-electron chi connectivity index (χ1n) is 13.2. The number of pyridine rings is 1. The fraction of sp³-hybridized carbons (Fsp3) is 0.448. The molecule has 0 bridgehead atoms. The number of nitrogens with one attached hydrogen (secondary N) is 1. The number of nitrogens with zero attached hydrogens (tertiary/aromatic N) is 3. The molecule has 2 N–H and O–H groups in total. The van der Waals surface area contributed by atoms with Crippen LogP contribution in [-0.2, 0) is 0 Å².